The van der Waals surface area contributed by atoms with Crippen molar-refractivity contribution < 1.29 is 4.79 Å². The van der Waals surface area contributed by atoms with Crippen LogP contribution in [0, 0.1) is 0 Å². The summed E-state index contributed by atoms with van der Waals surface area (Å²) in [6.07, 6.45) is 7.38. The predicted octanol–water partition coefficient (Wildman–Crippen LogP) is 3.15. The maximum atomic E-state index is 12.9. The summed E-state index contributed by atoms with van der Waals surface area (Å²) in [5.41, 5.74) is 2.98. The van der Waals surface area contributed by atoms with E-state index in [4.69, 9.17) is 23.2 Å². The van der Waals surface area contributed by atoms with Crippen molar-refractivity contribution in [3.8, 4) is 0 Å². The molecular formula is C24H24Cl2N8O2. The van der Waals surface area contributed by atoms with Gasteiger partial charge in [0.15, 0.2) is 5.82 Å². The number of hydrogen-bond acceptors (Lipinski definition) is 7. The van der Waals surface area contributed by atoms with Gasteiger partial charge in [-0.3, -0.25) is 19.1 Å². The third-order valence-electron chi connectivity index (χ3n) is 5.97. The number of aromatic amines is 1. The topological polar surface area (TPSA) is 130 Å². The van der Waals surface area contributed by atoms with Crippen LogP contribution in [0.15, 0.2) is 41.6 Å². The summed E-state index contributed by atoms with van der Waals surface area (Å²) in [6, 6.07) is 5.77. The van der Waals surface area contributed by atoms with Crippen LogP contribution in [0.3, 0.4) is 0 Å². The second-order valence-electron chi connectivity index (χ2n) is 8.47. The maximum absolute atomic E-state index is 12.9. The summed E-state index contributed by atoms with van der Waals surface area (Å²) in [7, 11) is 0. The molecule has 0 aromatic carbocycles. The number of halogens is 2. The number of amides is 1. The van der Waals surface area contributed by atoms with Crippen LogP contribution in [-0.4, -0.2) is 43.5 Å². The average molecular weight is 527 g/mol. The number of aromatic nitrogens is 5. The van der Waals surface area contributed by atoms with Crippen molar-refractivity contribution in [3.05, 3.63) is 74.3 Å². The first-order valence-electron chi connectivity index (χ1n) is 11.6. The minimum atomic E-state index is -0.490. The zero-order valence-electron chi connectivity index (χ0n) is 19.3. The molecule has 10 nitrogen and oxygen atoms in total. The Kier molecular flexibility index (Phi) is 7.06. The molecule has 1 aliphatic heterocycles. The van der Waals surface area contributed by atoms with Gasteiger partial charge >= 0.3 is 0 Å². The fourth-order valence-electron chi connectivity index (χ4n) is 4.09. The molecular weight excluding hydrogens is 503 g/mol. The van der Waals surface area contributed by atoms with E-state index in [0.717, 1.165) is 47.4 Å². The van der Waals surface area contributed by atoms with Gasteiger partial charge in [0.2, 0.25) is 5.91 Å². The van der Waals surface area contributed by atoms with E-state index in [9.17, 15) is 9.59 Å². The zero-order valence-corrected chi connectivity index (χ0v) is 20.8. The minimum Gasteiger partial charge on any atom is -0.370 e. The molecule has 0 spiro atoms. The van der Waals surface area contributed by atoms with Crippen LogP contribution < -0.4 is 21.5 Å². The summed E-state index contributed by atoms with van der Waals surface area (Å²) in [5.74, 6) is 0.588. The van der Waals surface area contributed by atoms with Gasteiger partial charge in [0.05, 0.1) is 40.9 Å². The molecule has 0 atom stereocenters. The summed E-state index contributed by atoms with van der Waals surface area (Å²) in [4.78, 5) is 41.6. The van der Waals surface area contributed by atoms with Crippen molar-refractivity contribution in [2.45, 2.75) is 32.4 Å². The number of anilines is 2. The Morgan fingerprint density at radius 2 is 2.08 bits per heavy atom. The third kappa shape index (κ3) is 5.29. The average Bonchev–Trinajstić information content (AvgIpc) is 3.35. The van der Waals surface area contributed by atoms with Gasteiger partial charge in [-0.25, -0.2) is 9.97 Å². The van der Waals surface area contributed by atoms with E-state index in [1.807, 2.05) is 24.4 Å². The zero-order chi connectivity index (χ0) is 25.1. The van der Waals surface area contributed by atoms with Gasteiger partial charge in [-0.2, -0.15) is 0 Å². The number of nitrogens with zero attached hydrogens (tertiary/aromatic N) is 4. The molecule has 0 aliphatic carbocycles. The molecule has 12 heteroatoms. The van der Waals surface area contributed by atoms with Crippen LogP contribution in [0.1, 0.15) is 23.4 Å². The van der Waals surface area contributed by atoms with Crippen LogP contribution in [0.5, 0.6) is 0 Å². The molecule has 1 aliphatic rings. The van der Waals surface area contributed by atoms with Crippen molar-refractivity contribution in [2.75, 3.05) is 23.7 Å². The van der Waals surface area contributed by atoms with E-state index in [1.54, 1.807) is 6.20 Å². The van der Waals surface area contributed by atoms with E-state index >= 15 is 0 Å². The molecule has 5 rings (SSSR count). The molecule has 0 fully saturated rings. The van der Waals surface area contributed by atoms with Gasteiger partial charge in [0.1, 0.15) is 17.5 Å². The molecule has 0 saturated heterocycles. The van der Waals surface area contributed by atoms with Gasteiger partial charge in [0.25, 0.3) is 5.56 Å². The largest absolute Gasteiger partial charge is 0.370 e. The molecule has 36 heavy (non-hydrogen) atoms. The molecule has 0 bridgehead atoms. The monoisotopic (exact) mass is 526 g/mol. The molecule has 4 aromatic heterocycles. The SMILES string of the molecule is O=C(Cn1c(Cl)cnc(NCCc2nc3c(cc2Cl)CCCN3)c1=O)NCc1cc2cc[nH]c2cn1. The molecule has 0 saturated carbocycles. The molecule has 5 heterocycles. The first-order chi connectivity index (χ1) is 17.5. The summed E-state index contributed by atoms with van der Waals surface area (Å²) >= 11 is 12.6. The molecule has 1 amide bonds. The number of carbonyl (C=O) groups excluding carboxylic acids is 1. The van der Waals surface area contributed by atoms with E-state index in [-0.39, 0.29) is 30.0 Å². The van der Waals surface area contributed by atoms with Crippen molar-refractivity contribution in [1.29, 1.82) is 0 Å². The molecule has 4 aromatic rings. The summed E-state index contributed by atoms with van der Waals surface area (Å²) < 4.78 is 1.17. The fraction of sp³-hybridized carbons (Fsp3) is 0.292. The van der Waals surface area contributed by atoms with Crippen LogP contribution >= 0.6 is 23.2 Å². The van der Waals surface area contributed by atoms with E-state index < -0.39 is 5.56 Å². The molecule has 4 N–H and O–H groups in total. The Hall–Kier alpha value is -3.63. The Balaban J connectivity index is 1.20. The quantitative estimate of drug-likeness (QED) is 0.277. The lowest BCUT2D eigenvalue weighted by atomic mass is 10.1. The van der Waals surface area contributed by atoms with Crippen LogP contribution in [0.4, 0.5) is 11.6 Å². The number of fused-ring (bicyclic) bond motifs is 2. The maximum Gasteiger partial charge on any atom is 0.294 e. The molecule has 0 radical (unpaired) electrons. The lowest BCUT2D eigenvalue weighted by Crippen LogP contribution is -2.34. The first kappa shape index (κ1) is 24.1. The summed E-state index contributed by atoms with van der Waals surface area (Å²) in [5, 5.41) is 10.8. The Bertz CT molecular complexity index is 1480. The number of aryl methyl sites for hydroxylation is 1. The second kappa shape index (κ2) is 10.5. The number of nitrogens with one attached hydrogen (secondary N) is 4. The van der Waals surface area contributed by atoms with Crippen molar-refractivity contribution in [2.24, 2.45) is 0 Å². The number of carbonyl (C=O) groups is 1. The standard InChI is InChI=1S/C24H24Cl2N8O2/c25-17-9-15-2-1-5-28-22(15)33-18(17)4-7-29-23-24(36)34(20(26)12-32-23)13-21(35)31-10-16-8-14-3-6-27-19(14)11-30-16/h3,6,8-9,11-12,27H,1-2,4-5,7,10,13H2,(H,28,33)(H,29,32)(H,31,35). The smallest absolute Gasteiger partial charge is 0.294 e. The number of H-pyrrole nitrogens is 1. The van der Waals surface area contributed by atoms with Crippen molar-refractivity contribution in [1.82, 2.24) is 29.8 Å². The Morgan fingerprint density at radius 1 is 1.19 bits per heavy atom. The van der Waals surface area contributed by atoms with Crippen LogP contribution in [0.25, 0.3) is 10.9 Å². The normalized spacial score (nSPS) is 12.7. The molecule has 0 unspecified atom stereocenters. The third-order valence-corrected chi connectivity index (χ3v) is 6.59. The highest BCUT2D eigenvalue weighted by molar-refractivity contribution is 6.31. The predicted molar refractivity (Wildman–Crippen MR) is 140 cm³/mol. The van der Waals surface area contributed by atoms with E-state index in [1.165, 1.54) is 10.8 Å². The number of rotatable bonds is 8. The van der Waals surface area contributed by atoms with Gasteiger partial charge in [0, 0.05) is 31.1 Å². The highest BCUT2D eigenvalue weighted by Gasteiger charge is 2.15. The fourth-order valence-corrected chi connectivity index (χ4v) is 4.54. The van der Waals surface area contributed by atoms with Crippen LogP contribution in [-0.2, 0) is 30.7 Å². The first-order valence-corrected chi connectivity index (χ1v) is 12.3. The van der Waals surface area contributed by atoms with Gasteiger partial charge in [-0.1, -0.05) is 23.2 Å². The van der Waals surface area contributed by atoms with Crippen molar-refractivity contribution >= 4 is 51.6 Å². The lowest BCUT2D eigenvalue weighted by Gasteiger charge is -2.18. The lowest BCUT2D eigenvalue weighted by molar-refractivity contribution is -0.121. The highest BCUT2D eigenvalue weighted by atomic mass is 35.5. The number of pyridine rings is 2. The molecule has 186 valence electrons. The number of hydrogen-bond donors (Lipinski definition) is 4. The summed E-state index contributed by atoms with van der Waals surface area (Å²) in [6.45, 7) is 1.26. The van der Waals surface area contributed by atoms with Crippen molar-refractivity contribution in [3.63, 3.8) is 0 Å². The van der Waals surface area contributed by atoms with E-state index in [0.29, 0.717) is 23.7 Å². The van der Waals surface area contributed by atoms with Gasteiger partial charge < -0.3 is 20.9 Å². The van der Waals surface area contributed by atoms with E-state index in [2.05, 4.69) is 35.9 Å². The highest BCUT2D eigenvalue weighted by Crippen LogP contribution is 2.26. The second-order valence-corrected chi connectivity index (χ2v) is 9.26. The minimum absolute atomic E-state index is 0.0676. The van der Waals surface area contributed by atoms with Crippen LogP contribution in [0.2, 0.25) is 10.2 Å². The Morgan fingerprint density at radius 3 is 2.97 bits per heavy atom. The van der Waals surface area contributed by atoms with Gasteiger partial charge in [-0.15, -0.1) is 0 Å². The van der Waals surface area contributed by atoms with Gasteiger partial charge in [-0.05, 0) is 36.6 Å². The Labute approximate surface area is 216 Å².